The number of aromatic nitrogens is 2. The van der Waals surface area contributed by atoms with Crippen molar-refractivity contribution in [3.63, 3.8) is 0 Å². The van der Waals surface area contributed by atoms with Gasteiger partial charge in [-0.15, -0.1) is 11.6 Å². The molecule has 1 aromatic rings. The molecule has 0 aliphatic heterocycles. The van der Waals surface area contributed by atoms with E-state index in [9.17, 15) is 0 Å². The van der Waals surface area contributed by atoms with Gasteiger partial charge in [-0.2, -0.15) is 0 Å². The van der Waals surface area contributed by atoms with Gasteiger partial charge in [-0.3, -0.25) is 0 Å². The van der Waals surface area contributed by atoms with E-state index in [1.165, 1.54) is 19.3 Å². The molecule has 1 fully saturated rings. The molecule has 78 valence electrons. The van der Waals surface area contributed by atoms with Crippen molar-refractivity contribution in [3.05, 3.63) is 18.2 Å². The van der Waals surface area contributed by atoms with Crippen LogP contribution in [0.4, 0.5) is 0 Å². The normalized spacial score (nSPS) is 25.5. The molecule has 1 aliphatic rings. The standard InChI is InChI=1S/C11H17ClN2/c1-11(2)4-3-9(5-11)14-8-13-7-10(14)6-12/h7-9H,3-6H2,1-2H3. The Hall–Kier alpha value is -0.500. The first-order chi connectivity index (χ1) is 6.62. The molecule has 0 radical (unpaired) electrons. The first-order valence-electron chi connectivity index (χ1n) is 5.19. The quantitative estimate of drug-likeness (QED) is 0.688. The Balaban J connectivity index is 2.17. The lowest BCUT2D eigenvalue weighted by Gasteiger charge is -2.18. The van der Waals surface area contributed by atoms with Crippen LogP contribution in [0.1, 0.15) is 44.8 Å². The lowest BCUT2D eigenvalue weighted by Crippen LogP contribution is -2.10. The summed E-state index contributed by atoms with van der Waals surface area (Å²) in [7, 11) is 0. The fourth-order valence-corrected chi connectivity index (χ4v) is 2.61. The van der Waals surface area contributed by atoms with Gasteiger partial charge in [0.15, 0.2) is 0 Å². The van der Waals surface area contributed by atoms with E-state index in [0.29, 0.717) is 17.3 Å². The van der Waals surface area contributed by atoms with Gasteiger partial charge < -0.3 is 4.57 Å². The van der Waals surface area contributed by atoms with Crippen molar-refractivity contribution in [3.8, 4) is 0 Å². The van der Waals surface area contributed by atoms with Gasteiger partial charge in [0, 0.05) is 12.2 Å². The predicted octanol–water partition coefficient (Wildman–Crippen LogP) is 3.37. The number of nitrogens with zero attached hydrogens (tertiary/aromatic N) is 2. The van der Waals surface area contributed by atoms with E-state index in [4.69, 9.17) is 11.6 Å². The molecule has 1 aliphatic carbocycles. The molecule has 0 saturated heterocycles. The molecule has 2 nitrogen and oxygen atoms in total. The molecule has 0 amide bonds. The summed E-state index contributed by atoms with van der Waals surface area (Å²) in [6.07, 6.45) is 7.60. The van der Waals surface area contributed by atoms with Gasteiger partial charge >= 0.3 is 0 Å². The zero-order valence-electron chi connectivity index (χ0n) is 8.83. The molecule has 1 aromatic heterocycles. The van der Waals surface area contributed by atoms with Gasteiger partial charge in [-0.05, 0) is 24.7 Å². The fourth-order valence-electron chi connectivity index (χ4n) is 2.40. The van der Waals surface area contributed by atoms with Crippen molar-refractivity contribution in [2.45, 2.75) is 45.0 Å². The summed E-state index contributed by atoms with van der Waals surface area (Å²) in [5.74, 6) is 0.566. The summed E-state index contributed by atoms with van der Waals surface area (Å²) in [6.45, 7) is 4.68. The Kier molecular flexibility index (Phi) is 2.56. The van der Waals surface area contributed by atoms with Crippen LogP contribution in [-0.4, -0.2) is 9.55 Å². The number of hydrogen-bond donors (Lipinski definition) is 0. The molecule has 1 heterocycles. The van der Waals surface area contributed by atoms with Gasteiger partial charge in [0.25, 0.3) is 0 Å². The third kappa shape index (κ3) is 1.81. The molecule has 1 unspecified atom stereocenters. The first kappa shape index (κ1) is 10.0. The van der Waals surface area contributed by atoms with Crippen LogP contribution in [-0.2, 0) is 5.88 Å². The van der Waals surface area contributed by atoms with E-state index in [1.54, 1.807) is 0 Å². The van der Waals surface area contributed by atoms with Crippen molar-refractivity contribution in [2.75, 3.05) is 0 Å². The molecule has 14 heavy (non-hydrogen) atoms. The zero-order valence-corrected chi connectivity index (χ0v) is 9.59. The molecule has 1 atom stereocenters. The second-order valence-corrected chi connectivity index (χ2v) is 5.25. The van der Waals surface area contributed by atoms with E-state index >= 15 is 0 Å². The molecule has 3 heteroatoms. The van der Waals surface area contributed by atoms with Gasteiger partial charge in [0.1, 0.15) is 0 Å². The van der Waals surface area contributed by atoms with Crippen LogP contribution in [0.15, 0.2) is 12.5 Å². The number of imidazole rings is 1. The zero-order chi connectivity index (χ0) is 10.2. The largest absolute Gasteiger partial charge is 0.330 e. The minimum Gasteiger partial charge on any atom is -0.330 e. The average Bonchev–Trinajstić information content (AvgIpc) is 2.70. The lowest BCUT2D eigenvalue weighted by molar-refractivity contribution is 0.357. The van der Waals surface area contributed by atoms with Gasteiger partial charge in [0.2, 0.25) is 0 Å². The maximum absolute atomic E-state index is 5.86. The third-order valence-electron chi connectivity index (χ3n) is 3.22. The topological polar surface area (TPSA) is 17.8 Å². The van der Waals surface area contributed by atoms with E-state index in [2.05, 4.69) is 23.4 Å². The number of halogens is 1. The SMILES string of the molecule is CC1(C)CCC(n2cncc2CCl)C1. The summed E-state index contributed by atoms with van der Waals surface area (Å²) < 4.78 is 2.25. The molecule has 0 bridgehead atoms. The Morgan fingerprint density at radius 1 is 1.64 bits per heavy atom. The molecular formula is C11H17ClN2. The summed E-state index contributed by atoms with van der Waals surface area (Å²) in [5.41, 5.74) is 1.63. The lowest BCUT2D eigenvalue weighted by atomic mass is 9.92. The minimum absolute atomic E-state index is 0.485. The highest BCUT2D eigenvalue weighted by molar-refractivity contribution is 6.16. The van der Waals surface area contributed by atoms with Crippen molar-refractivity contribution < 1.29 is 0 Å². The summed E-state index contributed by atoms with van der Waals surface area (Å²) in [6, 6.07) is 0.612. The van der Waals surface area contributed by atoms with Crippen LogP contribution in [0.25, 0.3) is 0 Å². The first-order valence-corrected chi connectivity index (χ1v) is 5.72. The predicted molar refractivity (Wildman–Crippen MR) is 58.5 cm³/mol. The monoisotopic (exact) mass is 212 g/mol. The Bertz CT molecular complexity index is 317. The van der Waals surface area contributed by atoms with E-state index < -0.39 is 0 Å². The van der Waals surface area contributed by atoms with Gasteiger partial charge in [0.05, 0.1) is 17.9 Å². The Labute approximate surface area is 90.3 Å². The molecule has 1 saturated carbocycles. The summed E-state index contributed by atoms with van der Waals surface area (Å²) in [4.78, 5) is 4.16. The van der Waals surface area contributed by atoms with Crippen molar-refractivity contribution in [1.82, 2.24) is 9.55 Å². The molecule has 0 aromatic carbocycles. The fraction of sp³-hybridized carbons (Fsp3) is 0.727. The van der Waals surface area contributed by atoms with Crippen molar-refractivity contribution >= 4 is 11.6 Å². The summed E-state index contributed by atoms with van der Waals surface area (Å²) in [5, 5.41) is 0. The maximum Gasteiger partial charge on any atom is 0.0951 e. The van der Waals surface area contributed by atoms with Crippen LogP contribution < -0.4 is 0 Å². The Morgan fingerprint density at radius 2 is 2.43 bits per heavy atom. The van der Waals surface area contributed by atoms with Crippen LogP contribution in [0.5, 0.6) is 0 Å². The number of alkyl halides is 1. The molecule has 2 rings (SSSR count). The molecule has 0 N–H and O–H groups in total. The molecular weight excluding hydrogens is 196 g/mol. The van der Waals surface area contributed by atoms with Crippen LogP contribution in [0, 0.1) is 5.41 Å². The molecule has 0 spiro atoms. The maximum atomic E-state index is 5.86. The van der Waals surface area contributed by atoms with Gasteiger partial charge in [-0.1, -0.05) is 13.8 Å². The second kappa shape index (κ2) is 3.58. The van der Waals surface area contributed by atoms with Crippen molar-refractivity contribution in [1.29, 1.82) is 0 Å². The van der Waals surface area contributed by atoms with Crippen molar-refractivity contribution in [2.24, 2.45) is 5.41 Å². The number of hydrogen-bond acceptors (Lipinski definition) is 1. The number of rotatable bonds is 2. The summed E-state index contributed by atoms with van der Waals surface area (Å²) >= 11 is 5.86. The van der Waals surface area contributed by atoms with Crippen LogP contribution in [0.3, 0.4) is 0 Å². The average molecular weight is 213 g/mol. The van der Waals surface area contributed by atoms with Crippen LogP contribution >= 0.6 is 11.6 Å². The third-order valence-corrected chi connectivity index (χ3v) is 3.49. The highest BCUT2D eigenvalue weighted by atomic mass is 35.5. The van der Waals surface area contributed by atoms with E-state index in [-0.39, 0.29) is 0 Å². The smallest absolute Gasteiger partial charge is 0.0951 e. The van der Waals surface area contributed by atoms with Crippen LogP contribution in [0.2, 0.25) is 0 Å². The highest BCUT2D eigenvalue weighted by Crippen LogP contribution is 2.43. The van der Waals surface area contributed by atoms with Gasteiger partial charge in [-0.25, -0.2) is 4.98 Å². The minimum atomic E-state index is 0.485. The second-order valence-electron chi connectivity index (χ2n) is 4.99. The van der Waals surface area contributed by atoms with E-state index in [1.807, 2.05) is 12.5 Å². The Morgan fingerprint density at radius 3 is 3.00 bits per heavy atom. The van der Waals surface area contributed by atoms with E-state index in [0.717, 1.165) is 5.69 Å². The highest BCUT2D eigenvalue weighted by Gasteiger charge is 2.32.